The van der Waals surface area contributed by atoms with E-state index in [1.807, 2.05) is 21.1 Å². The van der Waals surface area contributed by atoms with Gasteiger partial charge in [0.05, 0.1) is 40.3 Å². The van der Waals surface area contributed by atoms with Gasteiger partial charge >= 0.3 is 11.9 Å². The summed E-state index contributed by atoms with van der Waals surface area (Å²) in [7, 11) is 5.93. The summed E-state index contributed by atoms with van der Waals surface area (Å²) in [4.78, 5) is 37.3. The molecule has 9 heteroatoms. The number of likely N-dealkylation sites (N-methyl/N-ethyl adjacent to an activating group) is 1. The van der Waals surface area contributed by atoms with Crippen molar-refractivity contribution in [2.75, 3.05) is 47.5 Å². The summed E-state index contributed by atoms with van der Waals surface area (Å²) in [6.07, 6.45) is 59.0. The van der Waals surface area contributed by atoms with Gasteiger partial charge in [-0.1, -0.05) is 243 Å². The molecule has 2 unspecified atom stereocenters. The second-order valence-corrected chi connectivity index (χ2v) is 20.9. The van der Waals surface area contributed by atoms with Crippen LogP contribution in [0.5, 0.6) is 0 Å². The van der Waals surface area contributed by atoms with Crippen LogP contribution in [0.3, 0.4) is 0 Å². The number of carbonyl (C=O) groups is 3. The molecule has 0 aliphatic heterocycles. The van der Waals surface area contributed by atoms with E-state index in [2.05, 4.69) is 50.3 Å². The Balaban J connectivity index is 4.24. The molecule has 0 fully saturated rings. The molecule has 0 bridgehead atoms. The Morgan fingerprint density at radius 1 is 0.435 bits per heavy atom. The first-order valence-corrected chi connectivity index (χ1v) is 29.1. The molecule has 0 saturated carbocycles. The average molecular weight is 975 g/mol. The van der Waals surface area contributed by atoms with Crippen molar-refractivity contribution in [3.8, 4) is 0 Å². The lowest BCUT2D eigenvalue weighted by atomic mass is 10.0. The highest BCUT2D eigenvalue weighted by Crippen LogP contribution is 2.17. The van der Waals surface area contributed by atoms with Crippen LogP contribution in [0.15, 0.2) is 36.5 Å². The molecule has 69 heavy (non-hydrogen) atoms. The number of hydrogen-bond acceptors (Lipinski definition) is 8. The predicted octanol–water partition coefficient (Wildman–Crippen LogP) is 15.6. The van der Waals surface area contributed by atoms with Crippen LogP contribution in [0.4, 0.5) is 0 Å². The third-order valence-electron chi connectivity index (χ3n) is 12.9. The molecule has 0 rings (SSSR count). The van der Waals surface area contributed by atoms with Crippen LogP contribution < -0.4 is 5.11 Å². The van der Waals surface area contributed by atoms with Gasteiger partial charge in [-0.25, -0.2) is 0 Å². The van der Waals surface area contributed by atoms with E-state index >= 15 is 0 Å². The van der Waals surface area contributed by atoms with Crippen molar-refractivity contribution in [1.29, 1.82) is 0 Å². The zero-order valence-corrected chi connectivity index (χ0v) is 45.9. The first-order valence-electron chi connectivity index (χ1n) is 29.1. The normalized spacial score (nSPS) is 13.0. The SMILES string of the molecule is CCCCCCC/C=C\C/C=C\C/C=C\CCCCCCCCCCCCC(=O)OC(COC(=O)CCCCCCCCCCCCCCCCCCCCC)COC(OCC[N+](C)(C)C)C(=O)[O-]. The van der Waals surface area contributed by atoms with Gasteiger partial charge in [0.2, 0.25) is 0 Å². The lowest BCUT2D eigenvalue weighted by molar-refractivity contribution is -0.870. The minimum atomic E-state index is -1.62. The molecule has 0 aromatic carbocycles. The maximum atomic E-state index is 12.9. The van der Waals surface area contributed by atoms with Crippen molar-refractivity contribution in [3.63, 3.8) is 0 Å². The molecule has 404 valence electrons. The third-order valence-corrected chi connectivity index (χ3v) is 12.9. The highest BCUT2D eigenvalue weighted by molar-refractivity contribution is 5.70. The first-order chi connectivity index (χ1) is 33.6. The van der Waals surface area contributed by atoms with Gasteiger partial charge in [0.15, 0.2) is 12.4 Å². The topological polar surface area (TPSA) is 111 Å². The number of hydrogen-bond donors (Lipinski definition) is 0. The van der Waals surface area contributed by atoms with Gasteiger partial charge in [0.1, 0.15) is 13.2 Å². The van der Waals surface area contributed by atoms with Crippen molar-refractivity contribution in [1.82, 2.24) is 0 Å². The second kappa shape index (κ2) is 51.9. The Kier molecular flexibility index (Phi) is 50.0. The molecule has 0 saturated heterocycles. The monoisotopic (exact) mass is 974 g/mol. The fourth-order valence-corrected chi connectivity index (χ4v) is 8.37. The van der Waals surface area contributed by atoms with E-state index in [-0.39, 0.29) is 32.2 Å². The van der Waals surface area contributed by atoms with E-state index in [0.29, 0.717) is 23.9 Å². The van der Waals surface area contributed by atoms with Gasteiger partial charge in [-0.15, -0.1) is 0 Å². The lowest BCUT2D eigenvalue weighted by Crippen LogP contribution is -2.44. The van der Waals surface area contributed by atoms with Crippen LogP contribution in [0.25, 0.3) is 0 Å². The van der Waals surface area contributed by atoms with Crippen LogP contribution in [0.2, 0.25) is 0 Å². The van der Waals surface area contributed by atoms with Crippen LogP contribution >= 0.6 is 0 Å². The summed E-state index contributed by atoms with van der Waals surface area (Å²) in [6, 6.07) is 0. The van der Waals surface area contributed by atoms with E-state index < -0.39 is 24.3 Å². The van der Waals surface area contributed by atoms with Gasteiger partial charge in [0.25, 0.3) is 0 Å². The Morgan fingerprint density at radius 3 is 1.16 bits per heavy atom. The molecule has 9 nitrogen and oxygen atoms in total. The number of ether oxygens (including phenoxy) is 4. The highest BCUT2D eigenvalue weighted by atomic mass is 16.7. The number of aliphatic carboxylic acids is 1. The van der Waals surface area contributed by atoms with E-state index in [0.717, 1.165) is 51.4 Å². The van der Waals surface area contributed by atoms with Gasteiger partial charge < -0.3 is 33.3 Å². The van der Waals surface area contributed by atoms with E-state index in [9.17, 15) is 19.5 Å². The van der Waals surface area contributed by atoms with Crippen LogP contribution in [-0.2, 0) is 33.3 Å². The molecule has 0 radical (unpaired) electrons. The summed E-state index contributed by atoms with van der Waals surface area (Å²) in [6.45, 7) is 4.77. The van der Waals surface area contributed by atoms with E-state index in [1.165, 1.54) is 186 Å². The summed E-state index contributed by atoms with van der Waals surface area (Å²) >= 11 is 0. The van der Waals surface area contributed by atoms with Crippen molar-refractivity contribution >= 4 is 17.9 Å². The Labute approximate surface area is 426 Å². The molecule has 0 N–H and O–H groups in total. The number of quaternary nitrogens is 1. The van der Waals surface area contributed by atoms with E-state index in [1.54, 1.807) is 0 Å². The Bertz CT molecular complexity index is 1230. The molecular weight excluding hydrogens is 863 g/mol. The Hall–Kier alpha value is -2.49. The number of carboxylic acid groups (broad SMARTS) is 1. The van der Waals surface area contributed by atoms with Crippen molar-refractivity contribution in [3.05, 3.63) is 36.5 Å². The van der Waals surface area contributed by atoms with Crippen molar-refractivity contribution in [2.45, 2.75) is 283 Å². The fraction of sp³-hybridized carbons (Fsp3) is 0.850. The minimum absolute atomic E-state index is 0.148. The lowest BCUT2D eigenvalue weighted by Gasteiger charge is -2.26. The number of nitrogens with zero attached hydrogens (tertiary/aromatic N) is 1. The second-order valence-electron chi connectivity index (χ2n) is 20.9. The van der Waals surface area contributed by atoms with E-state index in [4.69, 9.17) is 18.9 Å². The maximum Gasteiger partial charge on any atom is 0.306 e. The largest absolute Gasteiger partial charge is 0.545 e. The molecule has 0 aliphatic rings. The smallest absolute Gasteiger partial charge is 0.306 e. The first kappa shape index (κ1) is 66.5. The fourth-order valence-electron chi connectivity index (χ4n) is 8.37. The molecule has 0 aliphatic carbocycles. The standard InChI is InChI=1S/C60H111NO8/c1-6-8-10-12-14-16-18-20-22-24-26-27-28-29-30-31-33-35-37-39-41-43-45-47-49-51-58(63)69-56(55-68-60(59(64)65)66-53-52-61(3,4)5)54-67-57(62)50-48-46-44-42-40-38-36-34-32-25-23-21-19-17-15-13-11-9-7-2/h18,20,24,26,28-29,56,60H,6-17,19,21-23,25,27,30-55H2,1-5H3/b20-18-,26-24-,29-28-. The van der Waals surface area contributed by atoms with Crippen LogP contribution in [0.1, 0.15) is 271 Å². The number of allylic oxidation sites excluding steroid dienone is 6. The zero-order valence-electron chi connectivity index (χ0n) is 45.9. The summed E-state index contributed by atoms with van der Waals surface area (Å²) in [5, 5.41) is 11.8. The molecule has 0 amide bonds. The van der Waals surface area contributed by atoms with Crippen molar-refractivity contribution in [2.24, 2.45) is 0 Å². The Morgan fingerprint density at radius 2 is 0.783 bits per heavy atom. The maximum absolute atomic E-state index is 12.9. The highest BCUT2D eigenvalue weighted by Gasteiger charge is 2.22. The molecule has 0 spiro atoms. The average Bonchev–Trinajstić information content (AvgIpc) is 3.31. The molecule has 0 heterocycles. The van der Waals surface area contributed by atoms with Crippen LogP contribution in [0, 0.1) is 0 Å². The number of rotatable bonds is 54. The number of unbranched alkanes of at least 4 members (excludes halogenated alkanes) is 33. The molecular formula is C60H111NO8. The number of carboxylic acids is 1. The summed E-state index contributed by atoms with van der Waals surface area (Å²) in [5.74, 6) is -2.27. The predicted molar refractivity (Wildman–Crippen MR) is 288 cm³/mol. The summed E-state index contributed by atoms with van der Waals surface area (Å²) < 4.78 is 22.7. The zero-order chi connectivity index (χ0) is 50.6. The van der Waals surface area contributed by atoms with Gasteiger partial charge in [-0.05, 0) is 51.4 Å². The summed E-state index contributed by atoms with van der Waals surface area (Å²) in [5.41, 5.74) is 0. The number of carbonyl (C=O) groups excluding carboxylic acids is 3. The van der Waals surface area contributed by atoms with Crippen LogP contribution in [-0.4, -0.2) is 82.3 Å². The minimum Gasteiger partial charge on any atom is -0.545 e. The molecule has 0 aromatic heterocycles. The van der Waals surface area contributed by atoms with Gasteiger partial charge in [-0.3, -0.25) is 9.59 Å². The third kappa shape index (κ3) is 53.1. The molecule has 0 aromatic rings. The van der Waals surface area contributed by atoms with Gasteiger partial charge in [0, 0.05) is 12.8 Å². The molecule has 2 atom stereocenters. The van der Waals surface area contributed by atoms with Crippen molar-refractivity contribution < 1.29 is 42.9 Å². The quantitative estimate of drug-likeness (QED) is 0.0195. The number of esters is 2. The van der Waals surface area contributed by atoms with Gasteiger partial charge in [-0.2, -0.15) is 0 Å².